The summed E-state index contributed by atoms with van der Waals surface area (Å²) in [5, 5.41) is 9.46. The van der Waals surface area contributed by atoms with Crippen LogP contribution in [0.2, 0.25) is 0 Å². The Morgan fingerprint density at radius 1 is 0.973 bits per heavy atom. The number of aromatic nitrogens is 3. The average molecular weight is 493 g/mol. The zero-order chi connectivity index (χ0) is 26.3. The number of piperazine rings is 1. The van der Waals surface area contributed by atoms with Gasteiger partial charge in [0, 0.05) is 44.5 Å². The van der Waals surface area contributed by atoms with Crippen molar-refractivity contribution in [2.24, 2.45) is 7.05 Å². The third-order valence-electron chi connectivity index (χ3n) is 7.47. The molecule has 4 aromatic rings. The predicted molar refractivity (Wildman–Crippen MR) is 147 cm³/mol. The van der Waals surface area contributed by atoms with Crippen LogP contribution in [0.1, 0.15) is 48.0 Å². The fourth-order valence-corrected chi connectivity index (χ4v) is 5.36. The van der Waals surface area contributed by atoms with E-state index < -0.39 is 0 Å². The van der Waals surface area contributed by atoms with Gasteiger partial charge in [-0.15, -0.1) is 0 Å². The van der Waals surface area contributed by atoms with Gasteiger partial charge < -0.3 is 9.47 Å². The van der Waals surface area contributed by atoms with Crippen LogP contribution in [0.25, 0.3) is 11.0 Å². The lowest BCUT2D eigenvalue weighted by Crippen LogP contribution is -2.57. The number of anilines is 1. The molecule has 7 heteroatoms. The van der Waals surface area contributed by atoms with Gasteiger partial charge >= 0.3 is 0 Å². The molecule has 0 bridgehead atoms. The first-order valence-electron chi connectivity index (χ1n) is 12.7. The van der Waals surface area contributed by atoms with E-state index in [4.69, 9.17) is 4.98 Å². The van der Waals surface area contributed by atoms with Gasteiger partial charge in [-0.3, -0.25) is 14.7 Å². The highest BCUT2D eigenvalue weighted by atomic mass is 16.1. The summed E-state index contributed by atoms with van der Waals surface area (Å²) in [6.07, 6.45) is 1.94. The van der Waals surface area contributed by atoms with E-state index in [0.29, 0.717) is 11.2 Å². The van der Waals surface area contributed by atoms with Crippen LogP contribution in [0.5, 0.6) is 0 Å². The fourth-order valence-electron chi connectivity index (χ4n) is 5.36. The van der Waals surface area contributed by atoms with Crippen LogP contribution in [0.3, 0.4) is 0 Å². The Hall–Kier alpha value is -4.02. The number of pyridine rings is 3. The van der Waals surface area contributed by atoms with Crippen LogP contribution in [0.15, 0.2) is 65.6 Å². The van der Waals surface area contributed by atoms with Gasteiger partial charge in [-0.05, 0) is 57.0 Å². The molecule has 0 spiro atoms. The minimum atomic E-state index is -0.0855. The molecule has 1 saturated heterocycles. The molecule has 7 nitrogen and oxygen atoms in total. The number of hydrogen-bond donors (Lipinski definition) is 0. The van der Waals surface area contributed by atoms with Crippen molar-refractivity contribution in [1.82, 2.24) is 19.4 Å². The second kappa shape index (κ2) is 9.79. The summed E-state index contributed by atoms with van der Waals surface area (Å²) < 4.78 is 1.59. The second-order valence-corrected chi connectivity index (χ2v) is 10.2. The molecule has 1 aromatic carbocycles. The minimum absolute atomic E-state index is 0.0181. The van der Waals surface area contributed by atoms with Crippen molar-refractivity contribution >= 4 is 16.7 Å². The topological polar surface area (TPSA) is 78.0 Å². The lowest BCUT2D eigenvalue weighted by molar-refractivity contribution is 0.128. The molecule has 0 aliphatic carbocycles. The van der Waals surface area contributed by atoms with E-state index in [1.54, 1.807) is 23.7 Å². The molecule has 188 valence electrons. The number of fused-ring (bicyclic) bond motifs is 1. The monoisotopic (exact) mass is 492 g/mol. The van der Waals surface area contributed by atoms with E-state index in [1.807, 2.05) is 12.3 Å². The Morgan fingerprint density at radius 3 is 2.38 bits per heavy atom. The van der Waals surface area contributed by atoms with Gasteiger partial charge in [0.25, 0.3) is 5.56 Å². The maximum absolute atomic E-state index is 12.9. The summed E-state index contributed by atoms with van der Waals surface area (Å²) in [5.41, 5.74) is 7.07. The van der Waals surface area contributed by atoms with E-state index >= 15 is 0 Å². The Labute approximate surface area is 217 Å². The minimum Gasteiger partial charge on any atom is -0.364 e. The summed E-state index contributed by atoms with van der Waals surface area (Å²) in [5.74, 6) is 0. The van der Waals surface area contributed by atoms with Crippen LogP contribution < -0.4 is 10.5 Å². The van der Waals surface area contributed by atoms with Crippen molar-refractivity contribution in [2.75, 3.05) is 18.0 Å². The number of benzene rings is 1. The summed E-state index contributed by atoms with van der Waals surface area (Å²) in [6, 6.07) is 20.5. The molecule has 1 fully saturated rings. The number of nitriles is 1. The standard InChI is InChI=1S/C30H32N6O/c1-19-6-9-23(10-7-19)30(25-12-8-20(2)16-32-25)36-18-21(3)35(17-22(36)4)27-14-28(37)34(5)26-13-11-24(15-31)33-29(26)27/h6-14,16,21-22,30H,17-18H2,1-5H3/t21-,22+,30?/m0/s1. The zero-order valence-corrected chi connectivity index (χ0v) is 22.0. The molecule has 5 rings (SSSR count). The summed E-state index contributed by atoms with van der Waals surface area (Å²) in [4.78, 5) is 27.1. The number of rotatable bonds is 4. The third kappa shape index (κ3) is 4.61. The molecule has 3 aromatic heterocycles. The Kier molecular flexibility index (Phi) is 6.53. The Bertz CT molecular complexity index is 1490. The van der Waals surface area contributed by atoms with Gasteiger partial charge in [0.2, 0.25) is 0 Å². The van der Waals surface area contributed by atoms with Gasteiger partial charge in [0.15, 0.2) is 0 Å². The highest BCUT2D eigenvalue weighted by Crippen LogP contribution is 2.35. The predicted octanol–water partition coefficient (Wildman–Crippen LogP) is 4.51. The third-order valence-corrected chi connectivity index (χ3v) is 7.47. The molecule has 0 N–H and O–H groups in total. The second-order valence-electron chi connectivity index (χ2n) is 10.2. The lowest BCUT2D eigenvalue weighted by Gasteiger charge is -2.48. The molecule has 37 heavy (non-hydrogen) atoms. The summed E-state index contributed by atoms with van der Waals surface area (Å²) in [6.45, 7) is 10.1. The van der Waals surface area contributed by atoms with Crippen LogP contribution in [-0.4, -0.2) is 44.6 Å². The maximum Gasteiger partial charge on any atom is 0.252 e. The van der Waals surface area contributed by atoms with Gasteiger partial charge in [-0.1, -0.05) is 35.9 Å². The normalized spacial score (nSPS) is 19.1. The molecular formula is C30H32N6O. The van der Waals surface area contributed by atoms with Gasteiger partial charge in [0.05, 0.1) is 22.9 Å². The van der Waals surface area contributed by atoms with Gasteiger partial charge in [-0.2, -0.15) is 5.26 Å². The number of hydrogen-bond acceptors (Lipinski definition) is 6. The zero-order valence-electron chi connectivity index (χ0n) is 22.0. The summed E-state index contributed by atoms with van der Waals surface area (Å²) in [7, 11) is 1.74. The van der Waals surface area contributed by atoms with Crippen molar-refractivity contribution in [2.45, 2.75) is 45.8 Å². The highest BCUT2D eigenvalue weighted by Gasteiger charge is 2.36. The van der Waals surface area contributed by atoms with Crippen molar-refractivity contribution in [3.63, 3.8) is 0 Å². The molecule has 0 saturated carbocycles. The van der Waals surface area contributed by atoms with Crippen LogP contribution in [-0.2, 0) is 7.05 Å². The van der Waals surface area contributed by atoms with Gasteiger partial charge in [0.1, 0.15) is 17.3 Å². The molecular weight excluding hydrogens is 460 g/mol. The molecule has 4 heterocycles. The smallest absolute Gasteiger partial charge is 0.252 e. The lowest BCUT2D eigenvalue weighted by atomic mass is 9.95. The number of nitrogens with zero attached hydrogens (tertiary/aromatic N) is 6. The quantitative estimate of drug-likeness (QED) is 0.417. The van der Waals surface area contributed by atoms with E-state index in [9.17, 15) is 10.1 Å². The fraction of sp³-hybridized carbons (Fsp3) is 0.333. The summed E-state index contributed by atoms with van der Waals surface area (Å²) >= 11 is 0. The average Bonchev–Trinajstić information content (AvgIpc) is 2.90. The first-order valence-corrected chi connectivity index (χ1v) is 12.7. The van der Waals surface area contributed by atoms with E-state index in [1.165, 1.54) is 11.1 Å². The van der Waals surface area contributed by atoms with Crippen molar-refractivity contribution in [3.05, 3.63) is 99.2 Å². The first-order chi connectivity index (χ1) is 17.8. The van der Waals surface area contributed by atoms with Gasteiger partial charge in [-0.25, -0.2) is 4.98 Å². The largest absolute Gasteiger partial charge is 0.364 e. The SMILES string of the molecule is Cc1ccc(C(c2ccc(C)cn2)N2C[C@H](C)N(c3cc(=O)n(C)c4ccc(C#N)nc34)C[C@H]2C)cc1. The van der Waals surface area contributed by atoms with Crippen LogP contribution in [0, 0.1) is 25.2 Å². The molecule has 0 radical (unpaired) electrons. The van der Waals surface area contributed by atoms with Crippen LogP contribution in [0.4, 0.5) is 5.69 Å². The molecule has 1 unspecified atom stereocenters. The van der Waals surface area contributed by atoms with Crippen LogP contribution >= 0.6 is 0 Å². The molecule has 1 aliphatic heterocycles. The van der Waals surface area contributed by atoms with E-state index in [0.717, 1.165) is 35.6 Å². The molecule has 3 atom stereocenters. The number of aryl methyl sites for hydroxylation is 3. The van der Waals surface area contributed by atoms with Crippen molar-refractivity contribution in [1.29, 1.82) is 5.26 Å². The van der Waals surface area contributed by atoms with Crippen molar-refractivity contribution in [3.8, 4) is 6.07 Å². The Morgan fingerprint density at radius 2 is 1.70 bits per heavy atom. The Balaban J connectivity index is 1.55. The first kappa shape index (κ1) is 24.7. The van der Waals surface area contributed by atoms with E-state index in [2.05, 4.69) is 84.9 Å². The molecule has 0 amide bonds. The van der Waals surface area contributed by atoms with E-state index in [-0.39, 0.29) is 23.7 Å². The maximum atomic E-state index is 12.9. The highest BCUT2D eigenvalue weighted by molar-refractivity contribution is 5.89. The van der Waals surface area contributed by atoms with Crippen molar-refractivity contribution < 1.29 is 0 Å². The molecule has 1 aliphatic rings.